The molecule has 110 valence electrons. The predicted octanol–water partition coefficient (Wildman–Crippen LogP) is 5.90. The molecule has 0 heterocycles. The van der Waals surface area contributed by atoms with E-state index >= 15 is 0 Å². The van der Waals surface area contributed by atoms with Gasteiger partial charge in [0.25, 0.3) is 0 Å². The van der Waals surface area contributed by atoms with Crippen LogP contribution in [0, 0.1) is 6.92 Å². The third kappa shape index (κ3) is 3.49. The average Bonchev–Trinajstić information content (AvgIpc) is 2.52. The second-order valence-electron chi connectivity index (χ2n) is 6.01. The smallest absolute Gasteiger partial charge is 0.0383 e. The van der Waals surface area contributed by atoms with Crippen LogP contribution in [0.3, 0.4) is 0 Å². The molecule has 0 aromatic heterocycles. The van der Waals surface area contributed by atoms with Crippen molar-refractivity contribution in [1.29, 1.82) is 0 Å². The molecule has 0 saturated heterocycles. The summed E-state index contributed by atoms with van der Waals surface area (Å²) in [5.74, 6) is 0.623. The number of halogens is 1. The summed E-state index contributed by atoms with van der Waals surface area (Å²) in [6.45, 7) is 2.18. The fraction of sp³-hybridized carbons (Fsp3) is 0.368. The zero-order valence-corrected chi connectivity index (χ0v) is 14.1. The molecule has 0 bridgehead atoms. The van der Waals surface area contributed by atoms with Gasteiger partial charge in [-0.1, -0.05) is 65.2 Å². The second kappa shape index (κ2) is 6.65. The first-order valence-electron chi connectivity index (χ1n) is 7.81. The number of hydrogen-bond donors (Lipinski definition) is 1. The Balaban J connectivity index is 1.83. The van der Waals surface area contributed by atoms with Gasteiger partial charge in [0.1, 0.15) is 0 Å². The third-order valence-electron chi connectivity index (χ3n) is 4.53. The van der Waals surface area contributed by atoms with Crippen LogP contribution in [0.2, 0.25) is 0 Å². The van der Waals surface area contributed by atoms with E-state index in [1.54, 1.807) is 0 Å². The molecule has 1 aliphatic rings. The van der Waals surface area contributed by atoms with Gasteiger partial charge in [-0.05, 0) is 43.0 Å². The topological polar surface area (TPSA) is 12.0 Å². The molecule has 21 heavy (non-hydrogen) atoms. The van der Waals surface area contributed by atoms with E-state index in [1.165, 1.54) is 42.5 Å². The second-order valence-corrected chi connectivity index (χ2v) is 6.93. The lowest BCUT2D eigenvalue weighted by atomic mass is 9.80. The number of aryl methyl sites for hydroxylation is 1. The quantitative estimate of drug-likeness (QED) is 0.731. The first-order chi connectivity index (χ1) is 10.2. The molecule has 1 N–H and O–H groups in total. The van der Waals surface area contributed by atoms with Gasteiger partial charge in [0, 0.05) is 22.1 Å². The maximum atomic E-state index is 3.81. The van der Waals surface area contributed by atoms with Gasteiger partial charge in [-0.3, -0.25) is 0 Å². The van der Waals surface area contributed by atoms with Crippen LogP contribution in [0.25, 0.3) is 0 Å². The Labute approximate surface area is 135 Å². The van der Waals surface area contributed by atoms with Crippen molar-refractivity contribution in [3.63, 3.8) is 0 Å². The monoisotopic (exact) mass is 343 g/mol. The van der Waals surface area contributed by atoms with Crippen LogP contribution in [0.1, 0.15) is 42.7 Å². The van der Waals surface area contributed by atoms with Crippen molar-refractivity contribution in [3.8, 4) is 0 Å². The number of anilines is 1. The van der Waals surface area contributed by atoms with Gasteiger partial charge in [0.2, 0.25) is 0 Å². The largest absolute Gasteiger partial charge is 0.381 e. The lowest BCUT2D eigenvalue weighted by Crippen LogP contribution is -2.30. The highest BCUT2D eigenvalue weighted by atomic mass is 79.9. The SMILES string of the molecule is Cc1ccc(Br)cc1NC1CCCCC1c1ccccc1. The van der Waals surface area contributed by atoms with Gasteiger partial charge in [-0.2, -0.15) is 0 Å². The van der Waals surface area contributed by atoms with Crippen LogP contribution in [-0.4, -0.2) is 6.04 Å². The van der Waals surface area contributed by atoms with E-state index in [4.69, 9.17) is 0 Å². The molecule has 1 nitrogen and oxygen atoms in total. The molecule has 0 aliphatic heterocycles. The average molecular weight is 344 g/mol. The highest BCUT2D eigenvalue weighted by molar-refractivity contribution is 9.10. The summed E-state index contributed by atoms with van der Waals surface area (Å²) in [5, 5.41) is 3.81. The molecule has 2 atom stereocenters. The Morgan fingerprint density at radius 1 is 1.00 bits per heavy atom. The van der Waals surface area contributed by atoms with Crippen molar-refractivity contribution < 1.29 is 0 Å². The van der Waals surface area contributed by atoms with Crippen LogP contribution in [0.5, 0.6) is 0 Å². The molecule has 0 spiro atoms. The summed E-state index contributed by atoms with van der Waals surface area (Å²) in [7, 11) is 0. The van der Waals surface area contributed by atoms with Crippen LogP contribution >= 0.6 is 15.9 Å². The Kier molecular flexibility index (Phi) is 4.64. The molecule has 0 radical (unpaired) electrons. The van der Waals surface area contributed by atoms with E-state index < -0.39 is 0 Å². The summed E-state index contributed by atoms with van der Waals surface area (Å²) >= 11 is 3.58. The summed E-state index contributed by atoms with van der Waals surface area (Å²) < 4.78 is 1.14. The fourth-order valence-electron chi connectivity index (χ4n) is 3.35. The molecular formula is C19H22BrN. The molecule has 2 aromatic carbocycles. The predicted molar refractivity (Wildman–Crippen MR) is 93.9 cm³/mol. The number of rotatable bonds is 3. The first-order valence-corrected chi connectivity index (χ1v) is 8.61. The lowest BCUT2D eigenvalue weighted by molar-refractivity contribution is 0.405. The van der Waals surface area contributed by atoms with Crippen LogP contribution in [0.4, 0.5) is 5.69 Å². The summed E-state index contributed by atoms with van der Waals surface area (Å²) in [5.41, 5.74) is 4.05. The standard InChI is InChI=1S/C19H22BrN/c1-14-11-12-16(20)13-19(14)21-18-10-6-5-9-17(18)15-7-3-2-4-8-15/h2-4,7-8,11-13,17-18,21H,5-6,9-10H2,1H3. The third-order valence-corrected chi connectivity index (χ3v) is 5.03. The Morgan fingerprint density at radius 3 is 2.57 bits per heavy atom. The molecule has 1 saturated carbocycles. The van der Waals surface area contributed by atoms with Crippen LogP contribution in [0.15, 0.2) is 53.0 Å². The number of nitrogens with one attached hydrogen (secondary N) is 1. The van der Waals surface area contributed by atoms with Gasteiger partial charge in [0.15, 0.2) is 0 Å². The van der Waals surface area contributed by atoms with E-state index in [9.17, 15) is 0 Å². The number of hydrogen-bond acceptors (Lipinski definition) is 1. The minimum absolute atomic E-state index is 0.536. The van der Waals surface area contributed by atoms with Gasteiger partial charge in [-0.15, -0.1) is 0 Å². The van der Waals surface area contributed by atoms with Gasteiger partial charge >= 0.3 is 0 Å². The molecule has 0 amide bonds. The Morgan fingerprint density at radius 2 is 1.76 bits per heavy atom. The van der Waals surface area contributed by atoms with Gasteiger partial charge in [0.05, 0.1) is 0 Å². The molecule has 1 fully saturated rings. The van der Waals surface area contributed by atoms with E-state index in [0.717, 1.165) is 4.47 Å². The van der Waals surface area contributed by atoms with Crippen molar-refractivity contribution in [2.75, 3.05) is 5.32 Å². The zero-order chi connectivity index (χ0) is 14.7. The maximum absolute atomic E-state index is 3.81. The summed E-state index contributed by atoms with van der Waals surface area (Å²) in [6.07, 6.45) is 5.21. The van der Waals surface area contributed by atoms with Crippen molar-refractivity contribution in [1.82, 2.24) is 0 Å². The normalized spacial score (nSPS) is 22.0. The zero-order valence-electron chi connectivity index (χ0n) is 12.5. The van der Waals surface area contributed by atoms with Crippen molar-refractivity contribution >= 4 is 21.6 Å². The van der Waals surface area contributed by atoms with Crippen molar-refractivity contribution in [2.24, 2.45) is 0 Å². The van der Waals surface area contributed by atoms with E-state index in [1.807, 2.05) is 0 Å². The first kappa shape index (κ1) is 14.6. The maximum Gasteiger partial charge on any atom is 0.0383 e. The van der Waals surface area contributed by atoms with E-state index in [0.29, 0.717) is 12.0 Å². The van der Waals surface area contributed by atoms with E-state index in [-0.39, 0.29) is 0 Å². The minimum atomic E-state index is 0.536. The molecule has 2 heteroatoms. The van der Waals surface area contributed by atoms with Crippen LogP contribution < -0.4 is 5.32 Å². The summed E-state index contributed by atoms with van der Waals surface area (Å²) in [6, 6.07) is 18.0. The highest BCUT2D eigenvalue weighted by Crippen LogP contribution is 2.35. The molecule has 1 aliphatic carbocycles. The minimum Gasteiger partial charge on any atom is -0.381 e. The van der Waals surface area contributed by atoms with E-state index in [2.05, 4.69) is 76.7 Å². The van der Waals surface area contributed by atoms with Crippen LogP contribution in [-0.2, 0) is 0 Å². The lowest BCUT2D eigenvalue weighted by Gasteiger charge is -2.34. The van der Waals surface area contributed by atoms with Crippen molar-refractivity contribution in [3.05, 3.63) is 64.1 Å². The van der Waals surface area contributed by atoms with Crippen molar-refractivity contribution in [2.45, 2.75) is 44.6 Å². The Hall–Kier alpha value is -1.28. The molecular weight excluding hydrogens is 322 g/mol. The molecule has 2 aromatic rings. The highest BCUT2D eigenvalue weighted by Gasteiger charge is 2.26. The fourth-order valence-corrected chi connectivity index (χ4v) is 3.71. The molecule has 2 unspecified atom stereocenters. The van der Waals surface area contributed by atoms with Gasteiger partial charge in [-0.25, -0.2) is 0 Å². The summed E-state index contributed by atoms with van der Waals surface area (Å²) in [4.78, 5) is 0. The Bertz CT molecular complexity index is 594. The van der Waals surface area contributed by atoms with Gasteiger partial charge < -0.3 is 5.32 Å². The molecule has 3 rings (SSSR count). The number of benzene rings is 2.